The molecule has 34 heavy (non-hydrogen) atoms. The molecule has 2 aromatic carbocycles. The van der Waals surface area contributed by atoms with Gasteiger partial charge in [-0.15, -0.1) is 0 Å². The molecule has 1 aliphatic heterocycles. The van der Waals surface area contributed by atoms with Gasteiger partial charge in [-0.2, -0.15) is 13.2 Å². The maximum atomic E-state index is 12.9. The summed E-state index contributed by atoms with van der Waals surface area (Å²) in [6.07, 6.45) is -0.515. The second-order valence-corrected chi connectivity index (χ2v) is 7.79. The van der Waals surface area contributed by atoms with Crippen molar-refractivity contribution in [2.24, 2.45) is 0 Å². The molecule has 9 heteroatoms. The van der Waals surface area contributed by atoms with Crippen LogP contribution in [0.15, 0.2) is 48.5 Å². The van der Waals surface area contributed by atoms with Crippen LogP contribution < -0.4 is 9.47 Å². The molecule has 1 heterocycles. The number of alkyl halides is 3. The van der Waals surface area contributed by atoms with Crippen molar-refractivity contribution in [3.8, 4) is 11.5 Å². The number of piperazine rings is 1. The smallest absolute Gasteiger partial charge is 0.416 e. The van der Waals surface area contributed by atoms with Gasteiger partial charge >= 0.3 is 6.18 Å². The van der Waals surface area contributed by atoms with E-state index in [0.717, 1.165) is 24.1 Å². The number of methoxy groups -OCH3 is 1. The molecule has 0 aliphatic carbocycles. The third kappa shape index (κ3) is 6.30. The summed E-state index contributed by atoms with van der Waals surface area (Å²) in [5.41, 5.74) is -0.110. The molecule has 1 fully saturated rings. The van der Waals surface area contributed by atoms with Crippen LogP contribution in [-0.4, -0.2) is 61.5 Å². The van der Waals surface area contributed by atoms with E-state index >= 15 is 0 Å². The average molecular weight is 476 g/mol. The van der Waals surface area contributed by atoms with Gasteiger partial charge in [0.15, 0.2) is 11.5 Å². The van der Waals surface area contributed by atoms with Gasteiger partial charge < -0.3 is 19.3 Å². The lowest BCUT2D eigenvalue weighted by molar-refractivity contribution is -0.137. The normalized spacial score (nSPS) is 14.4. The first-order valence-electron chi connectivity index (χ1n) is 11.0. The van der Waals surface area contributed by atoms with E-state index < -0.39 is 17.6 Å². The van der Waals surface area contributed by atoms with Crippen LogP contribution in [0.1, 0.15) is 34.8 Å². The number of rotatable bonds is 7. The zero-order valence-corrected chi connectivity index (χ0v) is 19.1. The molecule has 0 N–H and O–H groups in total. The first-order chi connectivity index (χ1) is 16.2. The molecule has 2 aromatic rings. The Morgan fingerprint density at radius 1 is 1.00 bits per heavy atom. The van der Waals surface area contributed by atoms with Gasteiger partial charge in [-0.1, -0.05) is 19.1 Å². The van der Waals surface area contributed by atoms with Gasteiger partial charge in [-0.25, -0.2) is 0 Å². The summed E-state index contributed by atoms with van der Waals surface area (Å²) in [6.45, 7) is 3.66. The largest absolute Gasteiger partial charge is 0.493 e. The van der Waals surface area contributed by atoms with E-state index in [1.54, 1.807) is 30.2 Å². The van der Waals surface area contributed by atoms with Crippen molar-refractivity contribution >= 4 is 17.9 Å². The molecule has 182 valence electrons. The van der Waals surface area contributed by atoms with Crippen LogP contribution in [0.25, 0.3) is 6.08 Å². The van der Waals surface area contributed by atoms with Crippen LogP contribution in [0.5, 0.6) is 11.5 Å². The Morgan fingerprint density at radius 2 is 1.71 bits per heavy atom. The first kappa shape index (κ1) is 25.1. The fourth-order valence-corrected chi connectivity index (χ4v) is 3.53. The van der Waals surface area contributed by atoms with E-state index in [-0.39, 0.29) is 24.6 Å². The molecule has 6 nitrogen and oxygen atoms in total. The van der Waals surface area contributed by atoms with Crippen molar-refractivity contribution in [1.82, 2.24) is 9.80 Å². The van der Waals surface area contributed by atoms with Crippen LogP contribution in [-0.2, 0) is 11.0 Å². The van der Waals surface area contributed by atoms with Gasteiger partial charge in [0.25, 0.3) is 5.91 Å². The van der Waals surface area contributed by atoms with Gasteiger partial charge in [-0.3, -0.25) is 9.59 Å². The number of carbonyl (C=O) groups excluding carboxylic acids is 2. The maximum absolute atomic E-state index is 12.9. The number of carbonyl (C=O) groups is 2. The highest BCUT2D eigenvalue weighted by atomic mass is 19.4. The zero-order valence-electron chi connectivity index (χ0n) is 19.1. The fourth-order valence-electron chi connectivity index (χ4n) is 3.53. The lowest BCUT2D eigenvalue weighted by Crippen LogP contribution is -2.50. The molecule has 1 aliphatic rings. The highest BCUT2D eigenvalue weighted by molar-refractivity contribution is 5.95. The average Bonchev–Trinajstić information content (AvgIpc) is 2.85. The van der Waals surface area contributed by atoms with E-state index in [1.165, 1.54) is 23.1 Å². The predicted molar refractivity (Wildman–Crippen MR) is 122 cm³/mol. The van der Waals surface area contributed by atoms with Crippen molar-refractivity contribution in [1.29, 1.82) is 0 Å². The lowest BCUT2D eigenvalue weighted by atomic mass is 10.1. The van der Waals surface area contributed by atoms with Crippen molar-refractivity contribution in [2.45, 2.75) is 19.5 Å². The molecule has 0 aromatic heterocycles. The third-order valence-electron chi connectivity index (χ3n) is 5.38. The Balaban J connectivity index is 1.57. The van der Waals surface area contributed by atoms with Crippen molar-refractivity contribution in [3.63, 3.8) is 0 Å². The topological polar surface area (TPSA) is 59.1 Å². The molecule has 0 atom stereocenters. The molecular weight excluding hydrogens is 449 g/mol. The van der Waals surface area contributed by atoms with E-state index in [2.05, 4.69) is 0 Å². The fraction of sp³-hybridized carbons (Fsp3) is 0.360. The minimum Gasteiger partial charge on any atom is -0.493 e. The van der Waals surface area contributed by atoms with Crippen molar-refractivity contribution in [3.05, 3.63) is 65.2 Å². The summed E-state index contributed by atoms with van der Waals surface area (Å²) in [4.78, 5) is 28.3. The predicted octanol–water partition coefficient (Wildman–Crippen LogP) is 4.50. The standard InChI is InChI=1S/C25H27F3N2O4/c1-3-15-34-21-9-7-18(16-22(21)33-2)8-10-23(31)29-11-13-30(14-12-29)24(32)19-5-4-6-20(17-19)25(26,27)28/h4-10,16-17H,3,11-15H2,1-2H3/b10-8+. The van der Waals surface area contributed by atoms with Crippen molar-refractivity contribution < 1.29 is 32.2 Å². The summed E-state index contributed by atoms with van der Waals surface area (Å²) in [6, 6.07) is 9.76. The first-order valence-corrected chi connectivity index (χ1v) is 11.0. The Morgan fingerprint density at radius 3 is 2.35 bits per heavy atom. The van der Waals surface area contributed by atoms with E-state index in [1.807, 2.05) is 13.0 Å². The number of ether oxygens (including phenoxy) is 2. The Bertz CT molecular complexity index is 1040. The summed E-state index contributed by atoms with van der Waals surface area (Å²) in [7, 11) is 1.55. The SMILES string of the molecule is CCCOc1ccc(/C=C/C(=O)N2CCN(C(=O)c3cccc(C(F)(F)F)c3)CC2)cc1OC. The zero-order chi connectivity index (χ0) is 24.7. The molecule has 1 saturated heterocycles. The number of amides is 2. The third-order valence-corrected chi connectivity index (χ3v) is 5.38. The summed E-state index contributed by atoms with van der Waals surface area (Å²) >= 11 is 0. The molecule has 0 unspecified atom stereocenters. The number of nitrogens with zero attached hydrogens (tertiary/aromatic N) is 2. The molecular formula is C25H27F3N2O4. The molecule has 3 rings (SSSR count). The van der Waals surface area contributed by atoms with E-state index in [9.17, 15) is 22.8 Å². The Hall–Kier alpha value is -3.49. The minimum atomic E-state index is -4.51. The van der Waals surface area contributed by atoms with Crippen LogP contribution in [0.3, 0.4) is 0 Å². The highest BCUT2D eigenvalue weighted by Crippen LogP contribution is 2.30. The molecule has 0 radical (unpaired) electrons. The van der Waals surface area contributed by atoms with Crippen LogP contribution >= 0.6 is 0 Å². The van der Waals surface area contributed by atoms with Gasteiger partial charge in [0.1, 0.15) is 0 Å². The summed E-state index contributed by atoms with van der Waals surface area (Å²) < 4.78 is 49.8. The van der Waals surface area contributed by atoms with E-state index in [0.29, 0.717) is 31.2 Å². The molecule has 0 saturated carbocycles. The van der Waals surface area contributed by atoms with Crippen LogP contribution in [0.4, 0.5) is 13.2 Å². The van der Waals surface area contributed by atoms with Crippen LogP contribution in [0, 0.1) is 0 Å². The lowest BCUT2D eigenvalue weighted by Gasteiger charge is -2.34. The van der Waals surface area contributed by atoms with Gasteiger partial charge in [0, 0.05) is 37.8 Å². The van der Waals surface area contributed by atoms with Crippen molar-refractivity contribution in [2.75, 3.05) is 39.9 Å². The summed E-state index contributed by atoms with van der Waals surface area (Å²) in [5.74, 6) is 0.516. The Kier molecular flexibility index (Phi) is 8.20. The van der Waals surface area contributed by atoms with E-state index in [4.69, 9.17) is 9.47 Å². The number of hydrogen-bond donors (Lipinski definition) is 0. The molecule has 2 amide bonds. The van der Waals surface area contributed by atoms with Gasteiger partial charge in [0.05, 0.1) is 19.3 Å². The number of benzene rings is 2. The minimum absolute atomic E-state index is 0.0187. The maximum Gasteiger partial charge on any atom is 0.416 e. The number of hydrogen-bond acceptors (Lipinski definition) is 4. The molecule has 0 spiro atoms. The second-order valence-electron chi connectivity index (χ2n) is 7.79. The van der Waals surface area contributed by atoms with Gasteiger partial charge in [0.2, 0.25) is 5.91 Å². The Labute approximate surface area is 196 Å². The molecule has 0 bridgehead atoms. The second kappa shape index (κ2) is 11.1. The highest BCUT2D eigenvalue weighted by Gasteiger charge is 2.32. The van der Waals surface area contributed by atoms with Crippen LogP contribution in [0.2, 0.25) is 0 Å². The summed E-state index contributed by atoms with van der Waals surface area (Å²) in [5, 5.41) is 0. The van der Waals surface area contributed by atoms with Gasteiger partial charge in [-0.05, 0) is 48.4 Å². The quantitative estimate of drug-likeness (QED) is 0.552. The monoisotopic (exact) mass is 476 g/mol. The number of halogens is 3.